The second-order valence-electron chi connectivity index (χ2n) is 4.34. The molecule has 0 heterocycles. The van der Waals surface area contributed by atoms with Gasteiger partial charge in [-0.2, -0.15) is 0 Å². The highest BCUT2D eigenvalue weighted by atomic mass is 35.5. The Kier molecular flexibility index (Phi) is 5.01. The van der Waals surface area contributed by atoms with Crippen molar-refractivity contribution in [1.29, 1.82) is 0 Å². The van der Waals surface area contributed by atoms with E-state index in [1.165, 1.54) is 12.1 Å². The molecule has 2 aromatic rings. The number of nitro benzene ring substituents is 1. The molecule has 21 heavy (non-hydrogen) atoms. The number of hydrogen-bond acceptors (Lipinski definition) is 4. The van der Waals surface area contributed by atoms with E-state index in [2.05, 4.69) is 5.32 Å². The number of halogens is 2. The molecule has 0 aromatic heterocycles. The van der Waals surface area contributed by atoms with Gasteiger partial charge in [0.2, 0.25) is 0 Å². The van der Waals surface area contributed by atoms with Gasteiger partial charge in [-0.1, -0.05) is 29.3 Å². The number of aliphatic hydroxyl groups excluding tert-OH is 1. The van der Waals surface area contributed by atoms with Crippen molar-refractivity contribution in [2.45, 2.75) is 6.10 Å². The summed E-state index contributed by atoms with van der Waals surface area (Å²) in [5.41, 5.74) is 1.12. The van der Waals surface area contributed by atoms with Gasteiger partial charge in [-0.15, -0.1) is 0 Å². The fraction of sp³-hybridized carbons (Fsp3) is 0.143. The molecule has 5 nitrogen and oxygen atoms in total. The van der Waals surface area contributed by atoms with Crippen LogP contribution < -0.4 is 5.32 Å². The zero-order valence-corrected chi connectivity index (χ0v) is 12.3. The maximum atomic E-state index is 10.6. The summed E-state index contributed by atoms with van der Waals surface area (Å²) in [5.74, 6) is 0. The van der Waals surface area contributed by atoms with Crippen molar-refractivity contribution < 1.29 is 10.0 Å². The highest BCUT2D eigenvalue weighted by Gasteiger charge is 2.15. The van der Waals surface area contributed by atoms with E-state index < -0.39 is 11.0 Å². The lowest BCUT2D eigenvalue weighted by molar-refractivity contribution is -0.384. The first kappa shape index (κ1) is 15.6. The number of benzene rings is 2. The molecule has 0 spiro atoms. The van der Waals surface area contributed by atoms with E-state index in [1.54, 1.807) is 30.3 Å². The summed E-state index contributed by atoms with van der Waals surface area (Å²) in [7, 11) is 0. The first-order valence-electron chi connectivity index (χ1n) is 6.09. The fourth-order valence-corrected chi connectivity index (χ4v) is 2.50. The minimum absolute atomic E-state index is 0.00949. The minimum Gasteiger partial charge on any atom is -0.386 e. The molecule has 0 saturated heterocycles. The molecule has 1 unspecified atom stereocenters. The van der Waals surface area contributed by atoms with Crippen LogP contribution in [0.5, 0.6) is 0 Å². The molecule has 2 aromatic carbocycles. The molecule has 0 radical (unpaired) electrons. The topological polar surface area (TPSA) is 75.4 Å². The second kappa shape index (κ2) is 6.76. The molecular weight excluding hydrogens is 315 g/mol. The lowest BCUT2D eigenvalue weighted by Gasteiger charge is -2.15. The zero-order chi connectivity index (χ0) is 15.4. The second-order valence-corrected chi connectivity index (χ2v) is 5.15. The standard InChI is InChI=1S/C14H12Cl2N2O3/c15-11-2-1-3-12(16)14(11)13(19)8-17-9-4-6-10(7-5-9)18(20)21/h1-7,13,17,19H,8H2. The Balaban J connectivity index is 2.04. The van der Waals surface area contributed by atoms with Gasteiger partial charge >= 0.3 is 0 Å². The van der Waals surface area contributed by atoms with Gasteiger partial charge < -0.3 is 10.4 Å². The summed E-state index contributed by atoms with van der Waals surface area (Å²) < 4.78 is 0. The third-order valence-corrected chi connectivity index (χ3v) is 3.57. The number of aliphatic hydroxyl groups is 1. The Labute approximate surface area is 131 Å². The van der Waals surface area contributed by atoms with Crippen LogP contribution in [-0.4, -0.2) is 16.6 Å². The van der Waals surface area contributed by atoms with E-state index in [0.717, 1.165) is 0 Å². The van der Waals surface area contributed by atoms with Crippen molar-refractivity contribution in [1.82, 2.24) is 0 Å². The predicted octanol–water partition coefficient (Wildman–Crippen LogP) is 4.05. The van der Waals surface area contributed by atoms with Crippen LogP contribution in [0.15, 0.2) is 42.5 Å². The molecule has 0 aliphatic carbocycles. The average Bonchev–Trinajstić information content (AvgIpc) is 2.45. The van der Waals surface area contributed by atoms with Gasteiger partial charge in [0.1, 0.15) is 0 Å². The summed E-state index contributed by atoms with van der Waals surface area (Å²) in [6, 6.07) is 10.9. The smallest absolute Gasteiger partial charge is 0.269 e. The molecule has 1 atom stereocenters. The van der Waals surface area contributed by atoms with E-state index in [9.17, 15) is 15.2 Å². The number of nitrogens with zero attached hydrogens (tertiary/aromatic N) is 1. The molecular formula is C14H12Cl2N2O3. The van der Waals surface area contributed by atoms with Gasteiger partial charge in [-0.05, 0) is 24.3 Å². The van der Waals surface area contributed by atoms with Gasteiger partial charge in [-0.3, -0.25) is 10.1 Å². The average molecular weight is 327 g/mol. The van der Waals surface area contributed by atoms with Crippen molar-refractivity contribution in [3.8, 4) is 0 Å². The Morgan fingerprint density at radius 2 is 1.71 bits per heavy atom. The third-order valence-electron chi connectivity index (χ3n) is 2.91. The van der Waals surface area contributed by atoms with Crippen LogP contribution in [0, 0.1) is 10.1 Å². The Hall–Kier alpha value is -1.82. The van der Waals surface area contributed by atoms with Crippen molar-refractivity contribution in [3.05, 3.63) is 68.2 Å². The molecule has 0 bridgehead atoms. The monoisotopic (exact) mass is 326 g/mol. The van der Waals surface area contributed by atoms with Gasteiger partial charge in [0, 0.05) is 40.0 Å². The number of nitrogens with one attached hydrogen (secondary N) is 1. The zero-order valence-electron chi connectivity index (χ0n) is 10.8. The quantitative estimate of drug-likeness (QED) is 0.642. The third kappa shape index (κ3) is 3.85. The molecule has 0 aliphatic rings. The molecule has 7 heteroatoms. The largest absolute Gasteiger partial charge is 0.386 e. The van der Waals surface area contributed by atoms with Crippen molar-refractivity contribution >= 4 is 34.6 Å². The normalized spacial score (nSPS) is 12.0. The predicted molar refractivity (Wildman–Crippen MR) is 83.0 cm³/mol. The van der Waals surface area contributed by atoms with Crippen molar-refractivity contribution in [2.75, 3.05) is 11.9 Å². The van der Waals surface area contributed by atoms with Crippen LogP contribution in [0.1, 0.15) is 11.7 Å². The maximum absolute atomic E-state index is 10.6. The number of hydrogen-bond donors (Lipinski definition) is 2. The van der Waals surface area contributed by atoms with Crippen LogP contribution in [0.3, 0.4) is 0 Å². The first-order valence-corrected chi connectivity index (χ1v) is 6.85. The van der Waals surface area contributed by atoms with E-state index in [4.69, 9.17) is 23.2 Å². The number of anilines is 1. The molecule has 2 rings (SSSR count). The van der Waals surface area contributed by atoms with E-state index >= 15 is 0 Å². The summed E-state index contributed by atoms with van der Waals surface area (Å²) in [6.07, 6.45) is -0.888. The van der Waals surface area contributed by atoms with Gasteiger partial charge in [-0.25, -0.2) is 0 Å². The summed E-state index contributed by atoms with van der Waals surface area (Å²) in [4.78, 5) is 10.1. The lowest BCUT2D eigenvalue weighted by Crippen LogP contribution is -2.13. The lowest BCUT2D eigenvalue weighted by atomic mass is 10.1. The van der Waals surface area contributed by atoms with E-state index in [0.29, 0.717) is 21.3 Å². The van der Waals surface area contributed by atoms with E-state index in [-0.39, 0.29) is 12.2 Å². The SMILES string of the molecule is O=[N+]([O-])c1ccc(NCC(O)c2c(Cl)cccc2Cl)cc1. The molecule has 2 N–H and O–H groups in total. The summed E-state index contributed by atoms with van der Waals surface area (Å²) in [6.45, 7) is 0.182. The number of nitro groups is 1. The molecule has 0 amide bonds. The van der Waals surface area contributed by atoms with Gasteiger partial charge in [0.15, 0.2) is 0 Å². The molecule has 0 fully saturated rings. The first-order chi connectivity index (χ1) is 9.99. The fourth-order valence-electron chi connectivity index (χ4n) is 1.85. The highest BCUT2D eigenvalue weighted by molar-refractivity contribution is 6.36. The minimum atomic E-state index is -0.888. The maximum Gasteiger partial charge on any atom is 0.269 e. The van der Waals surface area contributed by atoms with Crippen molar-refractivity contribution in [2.24, 2.45) is 0 Å². The Morgan fingerprint density at radius 1 is 1.14 bits per heavy atom. The van der Waals surface area contributed by atoms with E-state index in [1.807, 2.05) is 0 Å². The number of rotatable bonds is 5. The van der Waals surface area contributed by atoms with Crippen LogP contribution in [0.2, 0.25) is 10.0 Å². The Morgan fingerprint density at radius 3 is 2.24 bits per heavy atom. The molecule has 0 saturated carbocycles. The van der Waals surface area contributed by atoms with Crippen molar-refractivity contribution in [3.63, 3.8) is 0 Å². The number of non-ortho nitro benzene ring substituents is 1. The Bertz CT molecular complexity index is 627. The summed E-state index contributed by atoms with van der Waals surface area (Å²) in [5, 5.41) is 24.5. The van der Waals surface area contributed by atoms with Crippen LogP contribution in [0.25, 0.3) is 0 Å². The van der Waals surface area contributed by atoms with Crippen LogP contribution in [-0.2, 0) is 0 Å². The molecule has 110 valence electrons. The highest BCUT2D eigenvalue weighted by Crippen LogP contribution is 2.30. The summed E-state index contributed by atoms with van der Waals surface area (Å²) >= 11 is 12.0. The van der Waals surface area contributed by atoms with Crippen LogP contribution >= 0.6 is 23.2 Å². The van der Waals surface area contributed by atoms with Crippen LogP contribution in [0.4, 0.5) is 11.4 Å². The molecule has 0 aliphatic heterocycles. The van der Waals surface area contributed by atoms with Gasteiger partial charge in [0.05, 0.1) is 11.0 Å². The van der Waals surface area contributed by atoms with Gasteiger partial charge in [0.25, 0.3) is 5.69 Å².